The smallest absolute Gasteiger partial charge is 0.176 e. The number of anilines is 1. The fraction of sp³-hybridized carbons (Fsp3) is 0.222. The summed E-state index contributed by atoms with van der Waals surface area (Å²) in [5, 5.41) is 4.07. The number of nitrogens with two attached hydrogens (primary N) is 1. The SMILES string of the molecule is CCn1ncnc1-c1cccc(N)n1. The Labute approximate surface area is 81.6 Å². The number of aryl methyl sites for hydroxylation is 1. The Kier molecular flexibility index (Phi) is 2.14. The molecule has 5 heteroatoms. The van der Waals surface area contributed by atoms with Crippen LogP contribution in [0.25, 0.3) is 11.5 Å². The Bertz CT molecular complexity index is 434. The van der Waals surface area contributed by atoms with E-state index in [1.54, 1.807) is 10.7 Å². The Hall–Kier alpha value is -1.91. The molecule has 0 saturated carbocycles. The minimum Gasteiger partial charge on any atom is -0.384 e. The first kappa shape index (κ1) is 8.68. The molecule has 0 bridgehead atoms. The summed E-state index contributed by atoms with van der Waals surface area (Å²) in [6, 6.07) is 5.47. The summed E-state index contributed by atoms with van der Waals surface area (Å²) in [4.78, 5) is 8.31. The second kappa shape index (κ2) is 3.45. The molecule has 0 radical (unpaired) electrons. The summed E-state index contributed by atoms with van der Waals surface area (Å²) in [6.07, 6.45) is 1.52. The van der Waals surface area contributed by atoms with E-state index >= 15 is 0 Å². The quantitative estimate of drug-likeness (QED) is 0.763. The summed E-state index contributed by atoms with van der Waals surface area (Å²) in [6.45, 7) is 2.77. The highest BCUT2D eigenvalue weighted by Gasteiger charge is 2.06. The van der Waals surface area contributed by atoms with Gasteiger partial charge in [0.25, 0.3) is 0 Å². The zero-order chi connectivity index (χ0) is 9.97. The van der Waals surface area contributed by atoms with E-state index in [4.69, 9.17) is 5.73 Å². The summed E-state index contributed by atoms with van der Waals surface area (Å²) < 4.78 is 1.78. The lowest BCUT2D eigenvalue weighted by Gasteiger charge is -2.02. The Balaban J connectivity index is 2.49. The average molecular weight is 189 g/mol. The molecule has 0 aliphatic carbocycles. The van der Waals surface area contributed by atoms with Crippen molar-refractivity contribution in [1.29, 1.82) is 0 Å². The van der Waals surface area contributed by atoms with Crippen LogP contribution in [0, 0.1) is 0 Å². The summed E-state index contributed by atoms with van der Waals surface area (Å²) in [5.74, 6) is 1.24. The molecule has 0 aliphatic rings. The monoisotopic (exact) mass is 189 g/mol. The minimum atomic E-state index is 0.494. The van der Waals surface area contributed by atoms with Crippen LogP contribution in [-0.2, 0) is 6.54 Å². The van der Waals surface area contributed by atoms with Gasteiger partial charge in [0.2, 0.25) is 0 Å². The van der Waals surface area contributed by atoms with Gasteiger partial charge in [-0.2, -0.15) is 5.10 Å². The van der Waals surface area contributed by atoms with Gasteiger partial charge in [-0.25, -0.2) is 14.6 Å². The van der Waals surface area contributed by atoms with Crippen molar-refractivity contribution >= 4 is 5.82 Å². The predicted octanol–water partition coefficient (Wildman–Crippen LogP) is 0.942. The van der Waals surface area contributed by atoms with Crippen LogP contribution in [-0.4, -0.2) is 19.7 Å². The molecule has 0 unspecified atom stereocenters. The first-order valence-electron chi connectivity index (χ1n) is 4.42. The van der Waals surface area contributed by atoms with Gasteiger partial charge in [-0.3, -0.25) is 0 Å². The first-order valence-corrected chi connectivity index (χ1v) is 4.42. The van der Waals surface area contributed by atoms with E-state index in [9.17, 15) is 0 Å². The predicted molar refractivity (Wildman–Crippen MR) is 53.3 cm³/mol. The maximum absolute atomic E-state index is 5.59. The van der Waals surface area contributed by atoms with Crippen molar-refractivity contribution in [2.24, 2.45) is 0 Å². The van der Waals surface area contributed by atoms with Crippen molar-refractivity contribution in [1.82, 2.24) is 19.7 Å². The Morgan fingerprint density at radius 2 is 2.29 bits per heavy atom. The average Bonchev–Trinajstić information content (AvgIpc) is 2.65. The van der Waals surface area contributed by atoms with E-state index in [0.717, 1.165) is 18.1 Å². The minimum absolute atomic E-state index is 0.494. The second-order valence-electron chi connectivity index (χ2n) is 2.85. The van der Waals surface area contributed by atoms with E-state index in [2.05, 4.69) is 15.1 Å². The van der Waals surface area contributed by atoms with E-state index < -0.39 is 0 Å². The van der Waals surface area contributed by atoms with Gasteiger partial charge in [0.15, 0.2) is 5.82 Å². The summed E-state index contributed by atoms with van der Waals surface area (Å²) >= 11 is 0. The lowest BCUT2D eigenvalue weighted by molar-refractivity contribution is 0.664. The van der Waals surface area contributed by atoms with Gasteiger partial charge in [0.1, 0.15) is 17.8 Å². The number of aromatic nitrogens is 4. The summed E-state index contributed by atoms with van der Waals surface area (Å²) in [5.41, 5.74) is 6.34. The molecule has 0 aromatic carbocycles. The van der Waals surface area contributed by atoms with E-state index in [1.165, 1.54) is 6.33 Å². The lowest BCUT2D eigenvalue weighted by atomic mass is 10.3. The molecule has 0 aliphatic heterocycles. The molecule has 14 heavy (non-hydrogen) atoms. The van der Waals surface area contributed by atoms with Crippen molar-refractivity contribution in [3.05, 3.63) is 24.5 Å². The molecule has 0 fully saturated rings. The largest absolute Gasteiger partial charge is 0.384 e. The standard InChI is InChI=1S/C9H11N5/c1-2-14-9(11-6-12-14)7-4-3-5-8(10)13-7/h3-6H,2H2,1H3,(H2,10,13). The van der Waals surface area contributed by atoms with Gasteiger partial charge in [-0.05, 0) is 19.1 Å². The first-order chi connectivity index (χ1) is 6.81. The van der Waals surface area contributed by atoms with Gasteiger partial charge in [0, 0.05) is 6.54 Å². The normalized spacial score (nSPS) is 10.4. The van der Waals surface area contributed by atoms with Gasteiger partial charge in [-0.1, -0.05) is 6.07 Å². The Morgan fingerprint density at radius 1 is 1.43 bits per heavy atom. The highest BCUT2D eigenvalue weighted by Crippen LogP contribution is 2.14. The zero-order valence-electron chi connectivity index (χ0n) is 7.88. The maximum atomic E-state index is 5.59. The molecule has 5 nitrogen and oxygen atoms in total. The molecule has 2 aromatic heterocycles. The van der Waals surface area contributed by atoms with Gasteiger partial charge in [0.05, 0.1) is 0 Å². The fourth-order valence-corrected chi connectivity index (χ4v) is 1.27. The third-order valence-electron chi connectivity index (χ3n) is 1.91. The van der Waals surface area contributed by atoms with Crippen LogP contribution in [0.3, 0.4) is 0 Å². The summed E-state index contributed by atoms with van der Waals surface area (Å²) in [7, 11) is 0. The van der Waals surface area contributed by atoms with Crippen LogP contribution in [0.5, 0.6) is 0 Å². The molecule has 0 saturated heterocycles. The van der Waals surface area contributed by atoms with Gasteiger partial charge >= 0.3 is 0 Å². The lowest BCUT2D eigenvalue weighted by Crippen LogP contribution is -2.01. The molecule has 72 valence electrons. The number of pyridine rings is 1. The highest BCUT2D eigenvalue weighted by molar-refractivity contribution is 5.51. The van der Waals surface area contributed by atoms with Gasteiger partial charge in [-0.15, -0.1) is 0 Å². The van der Waals surface area contributed by atoms with E-state index in [-0.39, 0.29) is 0 Å². The highest BCUT2D eigenvalue weighted by atomic mass is 15.3. The van der Waals surface area contributed by atoms with E-state index in [1.807, 2.05) is 19.1 Å². The molecule has 2 rings (SSSR count). The van der Waals surface area contributed by atoms with Crippen LogP contribution in [0.4, 0.5) is 5.82 Å². The number of nitrogens with zero attached hydrogens (tertiary/aromatic N) is 4. The van der Waals surface area contributed by atoms with Crippen molar-refractivity contribution in [3.63, 3.8) is 0 Å². The van der Waals surface area contributed by atoms with Crippen LogP contribution in [0.1, 0.15) is 6.92 Å². The molecular weight excluding hydrogens is 178 g/mol. The third-order valence-corrected chi connectivity index (χ3v) is 1.91. The van der Waals surface area contributed by atoms with Crippen molar-refractivity contribution < 1.29 is 0 Å². The van der Waals surface area contributed by atoms with Crippen molar-refractivity contribution in [3.8, 4) is 11.5 Å². The van der Waals surface area contributed by atoms with Gasteiger partial charge < -0.3 is 5.73 Å². The number of hydrogen-bond acceptors (Lipinski definition) is 4. The van der Waals surface area contributed by atoms with Crippen molar-refractivity contribution in [2.45, 2.75) is 13.5 Å². The molecule has 0 spiro atoms. The second-order valence-corrected chi connectivity index (χ2v) is 2.85. The van der Waals surface area contributed by atoms with Crippen molar-refractivity contribution in [2.75, 3.05) is 5.73 Å². The molecule has 2 aromatic rings. The fourth-order valence-electron chi connectivity index (χ4n) is 1.27. The molecule has 2 N–H and O–H groups in total. The number of hydrogen-bond donors (Lipinski definition) is 1. The van der Waals surface area contributed by atoms with E-state index in [0.29, 0.717) is 5.82 Å². The molecular formula is C9H11N5. The topological polar surface area (TPSA) is 69.6 Å². The van der Waals surface area contributed by atoms with Crippen LogP contribution >= 0.6 is 0 Å². The number of rotatable bonds is 2. The molecule has 2 heterocycles. The number of nitrogen functional groups attached to an aromatic ring is 1. The van der Waals surface area contributed by atoms with Crippen LogP contribution < -0.4 is 5.73 Å². The third kappa shape index (κ3) is 1.44. The maximum Gasteiger partial charge on any atom is 0.176 e. The molecule has 0 amide bonds. The van der Waals surface area contributed by atoms with Crippen LogP contribution in [0.15, 0.2) is 24.5 Å². The Morgan fingerprint density at radius 3 is 3.00 bits per heavy atom. The zero-order valence-corrected chi connectivity index (χ0v) is 7.88. The van der Waals surface area contributed by atoms with Crippen LogP contribution in [0.2, 0.25) is 0 Å². The molecule has 0 atom stereocenters.